The third-order valence-corrected chi connectivity index (χ3v) is 8.50. The van der Waals surface area contributed by atoms with Crippen molar-refractivity contribution in [2.24, 2.45) is 5.41 Å². The summed E-state index contributed by atoms with van der Waals surface area (Å²) >= 11 is 4.65. The summed E-state index contributed by atoms with van der Waals surface area (Å²) in [6, 6.07) is 5.55. The fraction of sp³-hybridized carbons (Fsp3) is 0.586. The number of piperidine rings is 2. The van der Waals surface area contributed by atoms with Gasteiger partial charge >= 0.3 is 12.2 Å². The van der Waals surface area contributed by atoms with Gasteiger partial charge in [-0.2, -0.15) is 0 Å². The van der Waals surface area contributed by atoms with Crippen LogP contribution in [-0.4, -0.2) is 65.4 Å². The molecule has 1 spiro atoms. The summed E-state index contributed by atoms with van der Waals surface area (Å²) in [7, 11) is 0. The van der Waals surface area contributed by atoms with Crippen LogP contribution in [0.1, 0.15) is 77.7 Å². The number of nitrogens with one attached hydrogen (secondary N) is 3. The lowest BCUT2D eigenvalue weighted by Gasteiger charge is -2.48. The minimum absolute atomic E-state index is 0.0424. The number of aromatic nitrogens is 1. The summed E-state index contributed by atoms with van der Waals surface area (Å²) in [6.07, 6.45) is 3.00. The zero-order valence-electron chi connectivity index (χ0n) is 25.1. The van der Waals surface area contributed by atoms with E-state index in [9.17, 15) is 14.4 Å². The quantitative estimate of drug-likeness (QED) is 0.304. The van der Waals surface area contributed by atoms with Crippen molar-refractivity contribution >= 4 is 62.4 Å². The van der Waals surface area contributed by atoms with Gasteiger partial charge in [0.25, 0.3) is 5.91 Å². The first-order valence-electron chi connectivity index (χ1n) is 14.2. The van der Waals surface area contributed by atoms with Crippen LogP contribution in [0, 0.1) is 5.41 Å². The largest absolute Gasteiger partial charge is 0.444 e. The summed E-state index contributed by atoms with van der Waals surface area (Å²) in [4.78, 5) is 46.4. The Morgan fingerprint density at radius 1 is 1.00 bits per heavy atom. The summed E-state index contributed by atoms with van der Waals surface area (Å²) in [5, 5.41) is 4.70. The van der Waals surface area contributed by atoms with Crippen molar-refractivity contribution in [2.45, 2.75) is 78.4 Å². The number of amides is 3. The number of benzene rings is 1. The number of hydrogen-bond acceptors (Lipinski definition) is 9. The number of hydrazine groups is 1. The Bertz CT molecular complexity index is 1300. The predicted molar refractivity (Wildman–Crippen MR) is 168 cm³/mol. The van der Waals surface area contributed by atoms with Crippen molar-refractivity contribution in [3.05, 3.63) is 33.2 Å². The van der Waals surface area contributed by atoms with Gasteiger partial charge in [0, 0.05) is 31.6 Å². The Morgan fingerprint density at radius 3 is 2.31 bits per heavy atom. The van der Waals surface area contributed by atoms with Gasteiger partial charge in [-0.05, 0) is 107 Å². The summed E-state index contributed by atoms with van der Waals surface area (Å²) in [5.41, 5.74) is 6.64. The van der Waals surface area contributed by atoms with Gasteiger partial charge in [-0.25, -0.2) is 20.0 Å². The molecule has 3 heterocycles. The molecule has 4 rings (SSSR count). The number of likely N-dealkylation sites (tertiary alicyclic amines) is 1. The van der Waals surface area contributed by atoms with Gasteiger partial charge in [-0.3, -0.25) is 10.2 Å². The van der Waals surface area contributed by atoms with Crippen molar-refractivity contribution in [1.29, 1.82) is 0 Å². The van der Waals surface area contributed by atoms with E-state index in [-0.39, 0.29) is 17.4 Å². The number of carbonyl (C=O) groups is 3. The van der Waals surface area contributed by atoms with E-state index >= 15 is 0 Å². The number of carbonyl (C=O) groups excluding carboxylic acids is 3. The molecule has 1 aromatic carbocycles. The first-order chi connectivity index (χ1) is 19.6. The molecule has 3 amide bonds. The number of hydrogen-bond donors (Lipinski definition) is 3. The lowest BCUT2D eigenvalue weighted by Crippen LogP contribution is -2.52. The zero-order valence-corrected chi connectivity index (χ0v) is 27.5. The molecule has 13 heteroatoms. The maximum Gasteiger partial charge on any atom is 0.426 e. The molecular weight excluding hydrogens is 624 g/mol. The molecule has 42 heavy (non-hydrogen) atoms. The molecule has 1 aromatic heterocycles. The molecule has 0 atom stereocenters. The standard InChI is InChI=1S/C29H41BrN6O5S/c1-27(2,3)40-25(38)34-33-19-8-9-22(20(16-19)31-23(37)21-17-42-24(30)32-21)35-14-11-29(12-15-35)10-7-13-36(18-29)26(39)41-28(4,5)6/h8-9,16-17,33H,7,10-15,18H2,1-6H3,(H,31,37)(H,34,38). The van der Waals surface area contributed by atoms with Crippen LogP contribution in [0.4, 0.5) is 26.7 Å². The van der Waals surface area contributed by atoms with E-state index in [4.69, 9.17) is 9.47 Å². The SMILES string of the molecule is CC(C)(C)OC(=O)NNc1ccc(N2CCC3(CCCN(C(=O)OC(C)(C)C)C3)CC2)c(NC(=O)c2csc(Br)n2)c1. The van der Waals surface area contributed by atoms with Crippen LogP contribution < -0.4 is 21.1 Å². The highest BCUT2D eigenvalue weighted by atomic mass is 79.9. The van der Waals surface area contributed by atoms with Crippen LogP contribution >= 0.6 is 27.3 Å². The molecule has 0 bridgehead atoms. The van der Waals surface area contributed by atoms with E-state index in [1.54, 1.807) is 32.2 Å². The van der Waals surface area contributed by atoms with Gasteiger partial charge < -0.3 is 24.6 Å². The Morgan fingerprint density at radius 2 is 1.69 bits per heavy atom. The molecule has 0 saturated carbocycles. The molecule has 2 aliphatic heterocycles. The first-order valence-corrected chi connectivity index (χ1v) is 15.8. The van der Waals surface area contributed by atoms with Crippen molar-refractivity contribution < 1.29 is 23.9 Å². The Hall–Kier alpha value is -3.06. The molecule has 230 valence electrons. The van der Waals surface area contributed by atoms with Crippen LogP contribution in [0.2, 0.25) is 0 Å². The summed E-state index contributed by atoms with van der Waals surface area (Å²) in [6.45, 7) is 14.0. The normalized spacial score (nSPS) is 17.0. The molecule has 2 fully saturated rings. The number of rotatable bonds is 5. The number of thiazole rings is 1. The minimum atomic E-state index is -0.634. The van der Waals surface area contributed by atoms with Gasteiger partial charge in [0.15, 0.2) is 3.92 Å². The number of nitrogens with zero attached hydrogens (tertiary/aromatic N) is 3. The van der Waals surface area contributed by atoms with Crippen LogP contribution in [-0.2, 0) is 9.47 Å². The van der Waals surface area contributed by atoms with Crippen LogP contribution in [0.5, 0.6) is 0 Å². The molecule has 3 N–H and O–H groups in total. The lowest BCUT2D eigenvalue weighted by molar-refractivity contribution is -0.000533. The number of ether oxygens (including phenoxy) is 2. The van der Waals surface area contributed by atoms with Crippen LogP contribution in [0.3, 0.4) is 0 Å². The third-order valence-electron chi connectivity index (χ3n) is 7.14. The van der Waals surface area contributed by atoms with Gasteiger partial charge in [0.05, 0.1) is 17.1 Å². The van der Waals surface area contributed by atoms with Crippen molar-refractivity contribution in [1.82, 2.24) is 15.3 Å². The second-order valence-electron chi connectivity index (χ2n) is 12.9. The molecule has 11 nitrogen and oxygen atoms in total. The maximum absolute atomic E-state index is 13.1. The monoisotopic (exact) mass is 664 g/mol. The van der Waals surface area contributed by atoms with E-state index in [1.165, 1.54) is 11.3 Å². The fourth-order valence-electron chi connectivity index (χ4n) is 5.28. The summed E-state index contributed by atoms with van der Waals surface area (Å²) < 4.78 is 11.6. The average molecular weight is 666 g/mol. The van der Waals surface area contributed by atoms with Crippen molar-refractivity contribution in [3.8, 4) is 0 Å². The molecular formula is C29H41BrN6O5S. The minimum Gasteiger partial charge on any atom is -0.444 e. The van der Waals surface area contributed by atoms with Gasteiger partial charge in [0.1, 0.15) is 16.9 Å². The van der Waals surface area contributed by atoms with Crippen LogP contribution in [0.15, 0.2) is 27.5 Å². The van der Waals surface area contributed by atoms with Crippen molar-refractivity contribution in [2.75, 3.05) is 41.8 Å². The molecule has 2 saturated heterocycles. The molecule has 0 aliphatic carbocycles. The third kappa shape index (κ3) is 8.73. The highest BCUT2D eigenvalue weighted by Crippen LogP contribution is 2.42. The van der Waals surface area contributed by atoms with Gasteiger partial charge in [-0.1, -0.05) is 0 Å². The van der Waals surface area contributed by atoms with Crippen LogP contribution in [0.25, 0.3) is 0 Å². The molecule has 2 aliphatic rings. The van der Waals surface area contributed by atoms with E-state index < -0.39 is 17.3 Å². The van der Waals surface area contributed by atoms with Gasteiger partial charge in [-0.15, -0.1) is 11.3 Å². The highest BCUT2D eigenvalue weighted by Gasteiger charge is 2.41. The maximum atomic E-state index is 13.1. The molecule has 0 unspecified atom stereocenters. The van der Waals surface area contributed by atoms with Gasteiger partial charge in [0.2, 0.25) is 0 Å². The second kappa shape index (κ2) is 12.7. The van der Waals surface area contributed by atoms with E-state index in [2.05, 4.69) is 42.0 Å². The Labute approximate surface area is 259 Å². The predicted octanol–water partition coefficient (Wildman–Crippen LogP) is 6.63. The Balaban J connectivity index is 1.48. The fourth-order valence-corrected chi connectivity index (χ4v) is 6.27. The van der Waals surface area contributed by atoms with Crippen molar-refractivity contribution in [3.63, 3.8) is 0 Å². The second-order valence-corrected chi connectivity index (χ2v) is 15.1. The average Bonchev–Trinajstić information content (AvgIpc) is 3.33. The Kier molecular flexibility index (Phi) is 9.61. The van der Waals surface area contributed by atoms with E-state index in [0.717, 1.165) is 51.0 Å². The molecule has 0 radical (unpaired) electrons. The summed E-state index contributed by atoms with van der Waals surface area (Å²) in [5.74, 6) is -0.329. The van der Waals surface area contributed by atoms with E-state index in [1.807, 2.05) is 37.8 Å². The van der Waals surface area contributed by atoms with E-state index in [0.29, 0.717) is 27.5 Å². The topological polar surface area (TPSA) is 125 Å². The molecule has 2 aromatic rings. The zero-order chi connectivity index (χ0) is 30.7. The smallest absolute Gasteiger partial charge is 0.426 e. The lowest BCUT2D eigenvalue weighted by atomic mass is 9.72. The number of anilines is 3. The number of halogens is 1. The first kappa shape index (κ1) is 31.9. The highest BCUT2D eigenvalue weighted by molar-refractivity contribution is 9.11.